The van der Waals surface area contributed by atoms with E-state index in [0.29, 0.717) is 47.0 Å². The number of esters is 1. The van der Waals surface area contributed by atoms with E-state index in [-0.39, 0.29) is 23.2 Å². The number of hydrogen-bond donors (Lipinski definition) is 2. The fraction of sp³-hybridized carbons (Fsp3) is 0.441. The van der Waals surface area contributed by atoms with Crippen molar-refractivity contribution in [2.24, 2.45) is 11.1 Å². The number of hydrogen-bond acceptors (Lipinski definition) is 9. The molecule has 1 aliphatic carbocycles. The molecule has 0 saturated heterocycles. The molecule has 1 fully saturated rings. The Bertz CT molecular complexity index is 1660. The predicted molar refractivity (Wildman–Crippen MR) is 175 cm³/mol. The Morgan fingerprint density at radius 1 is 0.841 bits per heavy atom. The third-order valence-electron chi connectivity index (χ3n) is 8.25. The molecule has 2 aromatic carbocycles. The summed E-state index contributed by atoms with van der Waals surface area (Å²) in [5, 5.41) is 5.45. The molecule has 44 heavy (non-hydrogen) atoms. The maximum atomic E-state index is 13.7. The van der Waals surface area contributed by atoms with Gasteiger partial charge in [-0.2, -0.15) is 0 Å². The molecule has 3 aromatic rings. The molecular formula is C34H44N4O6. The van der Waals surface area contributed by atoms with Gasteiger partial charge in [0, 0.05) is 42.3 Å². The lowest BCUT2D eigenvalue weighted by Gasteiger charge is -2.12. The van der Waals surface area contributed by atoms with E-state index in [1.165, 1.54) is 21.0 Å². The zero-order chi connectivity index (χ0) is 32.7. The number of carbonyl (C=O) groups excluding carboxylic acids is 4. The highest BCUT2D eigenvalue weighted by Crippen LogP contribution is 2.38. The maximum Gasteiger partial charge on any atom is 0.331 e. The number of nitrogen functional groups attached to an aromatic ring is 2. The van der Waals surface area contributed by atoms with Crippen LogP contribution >= 0.6 is 0 Å². The first kappa shape index (κ1) is 34.0. The molecule has 0 amide bonds. The quantitative estimate of drug-likeness (QED) is 0.0515. The number of anilines is 2. The van der Waals surface area contributed by atoms with Crippen molar-refractivity contribution in [1.82, 2.24) is 4.57 Å². The van der Waals surface area contributed by atoms with Crippen molar-refractivity contribution < 1.29 is 28.8 Å². The van der Waals surface area contributed by atoms with Crippen LogP contribution in [0.2, 0.25) is 0 Å². The number of fused-ring (bicyclic) bond motifs is 3. The average molecular weight is 605 g/mol. The summed E-state index contributed by atoms with van der Waals surface area (Å²) in [6.45, 7) is 11.0. The van der Waals surface area contributed by atoms with Gasteiger partial charge in [0.15, 0.2) is 5.78 Å². The summed E-state index contributed by atoms with van der Waals surface area (Å²) in [5.41, 5.74) is 18.3. The fourth-order valence-electron chi connectivity index (χ4n) is 5.64. The lowest BCUT2D eigenvalue weighted by molar-refractivity contribution is -0.141. The average Bonchev–Trinajstić information content (AvgIpc) is 3.64. The molecule has 0 spiro atoms. The second-order valence-corrected chi connectivity index (χ2v) is 11.3. The minimum Gasteiger partial charge on any atom is -0.469 e. The predicted octanol–water partition coefficient (Wildman–Crippen LogP) is 6.77. The van der Waals surface area contributed by atoms with Crippen LogP contribution in [0.15, 0.2) is 40.6 Å². The van der Waals surface area contributed by atoms with Crippen molar-refractivity contribution in [2.75, 3.05) is 18.6 Å². The first-order valence-corrected chi connectivity index (χ1v) is 15.0. The molecule has 4 rings (SSSR count). The third-order valence-corrected chi connectivity index (χ3v) is 8.25. The summed E-state index contributed by atoms with van der Waals surface area (Å²) >= 11 is 0. The van der Waals surface area contributed by atoms with Crippen LogP contribution in [0.3, 0.4) is 0 Å². The molecular weight excluding hydrogens is 560 g/mol. The van der Waals surface area contributed by atoms with Crippen molar-refractivity contribution in [3.8, 4) is 0 Å². The Labute approximate surface area is 258 Å². The van der Waals surface area contributed by atoms with Crippen LogP contribution in [0.5, 0.6) is 0 Å². The summed E-state index contributed by atoms with van der Waals surface area (Å²) in [6, 6.07) is 6.99. The highest BCUT2D eigenvalue weighted by molar-refractivity contribution is 6.46. The number of ketones is 2. The van der Waals surface area contributed by atoms with E-state index in [0.717, 1.165) is 59.5 Å². The zero-order valence-corrected chi connectivity index (χ0v) is 26.8. The number of oxime groups is 1. The number of aromatic nitrogens is 1. The number of nitrogens with zero attached hydrogens (tertiary/aromatic N) is 2. The minimum absolute atomic E-state index is 0.0760. The van der Waals surface area contributed by atoms with Crippen LogP contribution in [-0.4, -0.2) is 40.9 Å². The molecule has 0 unspecified atom stereocenters. The molecule has 0 bridgehead atoms. The van der Waals surface area contributed by atoms with Crippen LogP contribution in [0, 0.1) is 5.92 Å². The molecule has 1 aliphatic rings. The largest absolute Gasteiger partial charge is 0.469 e. The standard InChI is InChI=1S/C31H38N4O4.C3H6O2/c1-6-17(3)18(4)30(37)21-13-23-24-14-22(16-26(33)29(24)35(7-2)28(23)25(32)15-21)31(38)27(34-39-19(5)36)12-20-10-8-9-11-20;1-3(4)5-2/h13-16,20H,6-12,32-33H2,1-5H3;1-2H3/b18-17-,34-27+;. The number of benzene rings is 2. The number of rotatable bonds is 9. The van der Waals surface area contributed by atoms with Crippen molar-refractivity contribution >= 4 is 62.4 Å². The molecule has 1 aromatic heterocycles. The van der Waals surface area contributed by atoms with Gasteiger partial charge in [0.05, 0.1) is 29.5 Å². The van der Waals surface area contributed by atoms with Crippen LogP contribution in [0.1, 0.15) is 101 Å². The first-order valence-electron chi connectivity index (χ1n) is 15.0. The Morgan fingerprint density at radius 2 is 1.34 bits per heavy atom. The van der Waals surface area contributed by atoms with Crippen LogP contribution in [0.25, 0.3) is 21.8 Å². The minimum atomic E-state index is -0.581. The van der Waals surface area contributed by atoms with E-state index in [4.69, 9.17) is 16.3 Å². The number of methoxy groups -OCH3 is 1. The molecule has 0 aliphatic heterocycles. The summed E-state index contributed by atoms with van der Waals surface area (Å²) in [4.78, 5) is 53.0. The number of allylic oxidation sites excluding steroid dienone is 2. The molecule has 10 nitrogen and oxygen atoms in total. The molecule has 1 heterocycles. The normalized spacial score (nSPS) is 14.2. The molecule has 0 radical (unpaired) electrons. The van der Waals surface area contributed by atoms with Gasteiger partial charge in [-0.25, -0.2) is 4.79 Å². The lowest BCUT2D eigenvalue weighted by Crippen LogP contribution is -2.19. The second-order valence-electron chi connectivity index (χ2n) is 11.3. The van der Waals surface area contributed by atoms with Gasteiger partial charge in [-0.3, -0.25) is 14.4 Å². The SMILES string of the molecule is CC/C(C)=C(/C)C(=O)c1cc(N)c2c(c1)c1cc(C(=O)/C(CC3CCCC3)=N/OC(C)=O)cc(N)c1n2CC.COC(C)=O. The number of Topliss-reactive ketones (excluding diaryl/α,β-unsaturated/α-hetero) is 2. The number of nitrogens with two attached hydrogens (primary N) is 2. The molecule has 10 heteroatoms. The topological polar surface area (TPSA) is 156 Å². The fourth-order valence-corrected chi connectivity index (χ4v) is 5.64. The third kappa shape index (κ3) is 7.53. The van der Waals surface area contributed by atoms with Crippen molar-refractivity contribution in [3.05, 3.63) is 46.5 Å². The Kier molecular flexibility index (Phi) is 11.5. The van der Waals surface area contributed by atoms with Crippen LogP contribution in [-0.2, 0) is 25.7 Å². The summed E-state index contributed by atoms with van der Waals surface area (Å²) in [7, 11) is 1.35. The zero-order valence-electron chi connectivity index (χ0n) is 26.8. The van der Waals surface area contributed by atoms with Crippen molar-refractivity contribution in [3.63, 3.8) is 0 Å². The molecule has 236 valence electrons. The summed E-state index contributed by atoms with van der Waals surface area (Å²) in [6.07, 6.45) is 5.48. The molecule has 1 saturated carbocycles. The Morgan fingerprint density at radius 3 is 1.77 bits per heavy atom. The van der Waals surface area contributed by atoms with Gasteiger partial charge >= 0.3 is 11.9 Å². The first-order chi connectivity index (χ1) is 20.8. The van der Waals surface area contributed by atoms with E-state index >= 15 is 0 Å². The van der Waals surface area contributed by atoms with Gasteiger partial charge in [-0.05, 0) is 69.4 Å². The number of aryl methyl sites for hydroxylation is 1. The van der Waals surface area contributed by atoms with E-state index in [2.05, 4.69) is 9.89 Å². The van der Waals surface area contributed by atoms with Gasteiger partial charge in [0.1, 0.15) is 5.71 Å². The number of carbonyl (C=O) groups is 4. The van der Waals surface area contributed by atoms with E-state index in [1.54, 1.807) is 18.2 Å². The smallest absolute Gasteiger partial charge is 0.331 e. The Hall–Kier alpha value is -4.47. The lowest BCUT2D eigenvalue weighted by atomic mass is 9.94. The van der Waals surface area contributed by atoms with Crippen molar-refractivity contribution in [2.45, 2.75) is 86.6 Å². The van der Waals surface area contributed by atoms with Gasteiger partial charge in [-0.15, -0.1) is 0 Å². The monoisotopic (exact) mass is 604 g/mol. The highest BCUT2D eigenvalue weighted by Gasteiger charge is 2.26. The summed E-state index contributed by atoms with van der Waals surface area (Å²) in [5.74, 6) is -0.907. The summed E-state index contributed by atoms with van der Waals surface area (Å²) < 4.78 is 6.13. The van der Waals surface area contributed by atoms with E-state index in [9.17, 15) is 19.2 Å². The highest BCUT2D eigenvalue weighted by atomic mass is 16.7. The van der Waals surface area contributed by atoms with Gasteiger partial charge < -0.3 is 25.6 Å². The molecule has 4 N–H and O–H groups in total. The van der Waals surface area contributed by atoms with E-state index < -0.39 is 5.97 Å². The second kappa shape index (κ2) is 14.8. The van der Waals surface area contributed by atoms with E-state index in [1.807, 2.05) is 38.3 Å². The number of ether oxygens (including phenoxy) is 1. The van der Waals surface area contributed by atoms with Gasteiger partial charge in [0.2, 0.25) is 5.78 Å². The Balaban J connectivity index is 0.000000978. The molecule has 0 atom stereocenters. The van der Waals surface area contributed by atoms with Gasteiger partial charge in [-0.1, -0.05) is 43.3 Å². The van der Waals surface area contributed by atoms with Crippen LogP contribution in [0.4, 0.5) is 11.4 Å². The van der Waals surface area contributed by atoms with Crippen LogP contribution < -0.4 is 11.5 Å². The van der Waals surface area contributed by atoms with Gasteiger partial charge in [0.25, 0.3) is 0 Å². The van der Waals surface area contributed by atoms with Crippen molar-refractivity contribution in [1.29, 1.82) is 0 Å². The maximum absolute atomic E-state index is 13.7.